The molecule has 196 valence electrons. The quantitative estimate of drug-likeness (QED) is 0.181. The van der Waals surface area contributed by atoms with Gasteiger partial charge < -0.3 is 15.1 Å². The largest absolute Gasteiger partial charge is 0.436 e. The number of para-hydroxylation sites is 2. The van der Waals surface area contributed by atoms with E-state index in [1.807, 2.05) is 73.7 Å². The molecule has 2 N–H and O–H groups in total. The third kappa shape index (κ3) is 6.45. The zero-order valence-electron chi connectivity index (χ0n) is 20.8. The molecule has 6 nitrogen and oxygen atoms in total. The monoisotopic (exact) mass is 575 g/mol. The molecule has 4 aromatic carbocycles. The number of carbonyl (C=O) groups excluding carboxylic acids is 2. The number of carbonyl (C=O) groups is 2. The second-order valence-electron chi connectivity index (χ2n) is 8.67. The molecule has 0 spiro atoms. The zero-order valence-corrected chi connectivity index (χ0v) is 23.1. The number of benzene rings is 4. The lowest BCUT2D eigenvalue weighted by Gasteiger charge is -2.16. The van der Waals surface area contributed by atoms with Crippen molar-refractivity contribution in [3.8, 4) is 11.5 Å². The van der Waals surface area contributed by atoms with E-state index in [1.54, 1.807) is 18.2 Å². The summed E-state index contributed by atoms with van der Waals surface area (Å²) >= 11 is 13.5. The van der Waals surface area contributed by atoms with Crippen LogP contribution in [-0.4, -0.2) is 22.0 Å². The summed E-state index contributed by atoms with van der Waals surface area (Å²) in [6.45, 7) is 1.96. The van der Waals surface area contributed by atoms with Crippen LogP contribution in [0.1, 0.15) is 23.7 Å². The maximum Gasteiger partial charge on any atom is 0.257 e. The third-order valence-electron chi connectivity index (χ3n) is 5.90. The Balaban J connectivity index is 1.22. The van der Waals surface area contributed by atoms with Crippen LogP contribution >= 0.6 is 35.0 Å². The number of oxazole rings is 1. The van der Waals surface area contributed by atoms with Gasteiger partial charge in [0.05, 0.1) is 15.8 Å². The van der Waals surface area contributed by atoms with Crippen LogP contribution in [0, 0.1) is 0 Å². The number of hydrogen-bond donors (Lipinski definition) is 2. The fourth-order valence-electron chi connectivity index (χ4n) is 3.92. The standard InChI is InChI=1S/C30H23Cl2N3O3S/c1-2-27(39-22-7-5-6-21(17-22)34-28(36)23-15-12-19(31)16-24(23)32)29(37)33-20-13-10-18(11-14-20)30-35-25-8-3-4-9-26(25)38-30/h3-17,27H,2H2,1H3,(H,33,37)(H,34,36). The van der Waals surface area contributed by atoms with E-state index >= 15 is 0 Å². The topological polar surface area (TPSA) is 84.2 Å². The minimum atomic E-state index is -0.343. The number of halogens is 2. The van der Waals surface area contributed by atoms with Gasteiger partial charge in [0, 0.05) is 26.9 Å². The first-order chi connectivity index (χ1) is 18.9. The smallest absolute Gasteiger partial charge is 0.257 e. The number of amides is 2. The lowest BCUT2D eigenvalue weighted by atomic mass is 10.2. The van der Waals surface area contributed by atoms with Gasteiger partial charge in [-0.25, -0.2) is 4.98 Å². The van der Waals surface area contributed by atoms with Gasteiger partial charge in [0.1, 0.15) is 5.52 Å². The maximum atomic E-state index is 13.1. The molecular formula is C30H23Cl2N3O3S. The average molecular weight is 577 g/mol. The number of hydrogen-bond acceptors (Lipinski definition) is 5. The molecule has 0 fully saturated rings. The SMILES string of the molecule is CCC(Sc1cccc(NC(=O)c2ccc(Cl)cc2Cl)c1)C(=O)Nc1ccc(-c2nc3ccccc3o2)cc1. The molecule has 0 saturated carbocycles. The van der Waals surface area contributed by atoms with E-state index in [-0.39, 0.29) is 22.1 Å². The van der Waals surface area contributed by atoms with E-state index in [2.05, 4.69) is 15.6 Å². The second kappa shape index (κ2) is 11.9. The molecule has 9 heteroatoms. The van der Waals surface area contributed by atoms with Crippen molar-refractivity contribution in [2.24, 2.45) is 0 Å². The van der Waals surface area contributed by atoms with Gasteiger partial charge in [-0.3, -0.25) is 9.59 Å². The fraction of sp³-hybridized carbons (Fsp3) is 0.100. The molecule has 1 unspecified atom stereocenters. The van der Waals surface area contributed by atoms with Gasteiger partial charge in [0.25, 0.3) is 5.91 Å². The molecule has 0 aliphatic carbocycles. The lowest BCUT2D eigenvalue weighted by Crippen LogP contribution is -2.24. The third-order valence-corrected chi connectivity index (χ3v) is 7.81. The first-order valence-electron chi connectivity index (χ1n) is 12.2. The van der Waals surface area contributed by atoms with Gasteiger partial charge in [-0.15, -0.1) is 11.8 Å². The van der Waals surface area contributed by atoms with Crippen LogP contribution in [0.3, 0.4) is 0 Å². The molecule has 2 amide bonds. The van der Waals surface area contributed by atoms with Gasteiger partial charge >= 0.3 is 0 Å². The first-order valence-corrected chi connectivity index (χ1v) is 13.8. The van der Waals surface area contributed by atoms with Gasteiger partial charge in [-0.2, -0.15) is 0 Å². The molecule has 39 heavy (non-hydrogen) atoms. The molecule has 0 aliphatic heterocycles. The number of rotatable bonds is 8. The molecular weight excluding hydrogens is 553 g/mol. The molecule has 0 bridgehead atoms. The number of fused-ring (bicyclic) bond motifs is 1. The van der Waals surface area contributed by atoms with Crippen LogP contribution in [0.5, 0.6) is 0 Å². The highest BCUT2D eigenvalue weighted by atomic mass is 35.5. The minimum Gasteiger partial charge on any atom is -0.436 e. The van der Waals surface area contributed by atoms with Crippen molar-refractivity contribution in [1.82, 2.24) is 4.98 Å². The van der Waals surface area contributed by atoms with Gasteiger partial charge in [-0.1, -0.05) is 48.3 Å². The molecule has 0 radical (unpaired) electrons. The number of nitrogens with one attached hydrogen (secondary N) is 2. The summed E-state index contributed by atoms with van der Waals surface area (Å²) in [7, 11) is 0. The van der Waals surface area contributed by atoms with Crippen molar-refractivity contribution in [2.45, 2.75) is 23.5 Å². The highest BCUT2D eigenvalue weighted by Gasteiger charge is 2.19. The Hall–Kier alpha value is -3.78. The number of thioether (sulfide) groups is 1. The van der Waals surface area contributed by atoms with E-state index < -0.39 is 0 Å². The van der Waals surface area contributed by atoms with Crippen molar-refractivity contribution < 1.29 is 14.0 Å². The Morgan fingerprint density at radius 3 is 2.44 bits per heavy atom. The van der Waals surface area contributed by atoms with Crippen LogP contribution in [0.4, 0.5) is 11.4 Å². The molecule has 0 saturated heterocycles. The summed E-state index contributed by atoms with van der Waals surface area (Å²) in [6.07, 6.45) is 0.620. The number of anilines is 2. The Bertz CT molecular complexity index is 1620. The van der Waals surface area contributed by atoms with E-state index in [0.717, 1.165) is 21.6 Å². The van der Waals surface area contributed by atoms with Crippen molar-refractivity contribution in [2.75, 3.05) is 10.6 Å². The first kappa shape index (κ1) is 26.8. The minimum absolute atomic E-state index is 0.112. The Morgan fingerprint density at radius 1 is 0.897 bits per heavy atom. The zero-order chi connectivity index (χ0) is 27.4. The van der Waals surface area contributed by atoms with Gasteiger partial charge in [0.15, 0.2) is 5.58 Å². The van der Waals surface area contributed by atoms with Crippen LogP contribution in [-0.2, 0) is 4.79 Å². The Kier molecular flexibility index (Phi) is 8.21. The molecule has 5 aromatic rings. The predicted octanol–water partition coefficient (Wildman–Crippen LogP) is 8.56. The summed E-state index contributed by atoms with van der Waals surface area (Å²) in [5.74, 6) is 0.0748. The summed E-state index contributed by atoms with van der Waals surface area (Å²) in [6, 6.07) is 27.1. The van der Waals surface area contributed by atoms with Crippen molar-refractivity contribution in [1.29, 1.82) is 0 Å². The van der Waals surface area contributed by atoms with Gasteiger partial charge in [0.2, 0.25) is 11.8 Å². The number of nitrogens with zero attached hydrogens (tertiary/aromatic N) is 1. The molecule has 1 aromatic heterocycles. The van der Waals surface area contributed by atoms with E-state index in [9.17, 15) is 9.59 Å². The summed E-state index contributed by atoms with van der Waals surface area (Å²) in [4.78, 5) is 31.1. The summed E-state index contributed by atoms with van der Waals surface area (Å²) in [5.41, 5.74) is 3.95. The highest BCUT2D eigenvalue weighted by Crippen LogP contribution is 2.30. The van der Waals surface area contributed by atoms with Crippen LogP contribution in [0.25, 0.3) is 22.6 Å². The van der Waals surface area contributed by atoms with Crippen molar-refractivity contribution in [3.05, 3.63) is 107 Å². The van der Waals surface area contributed by atoms with Crippen LogP contribution < -0.4 is 10.6 Å². The molecule has 5 rings (SSSR count). The van der Waals surface area contributed by atoms with Crippen LogP contribution in [0.15, 0.2) is 100 Å². The predicted molar refractivity (Wildman–Crippen MR) is 159 cm³/mol. The maximum absolute atomic E-state index is 13.1. The van der Waals surface area contributed by atoms with E-state index in [0.29, 0.717) is 34.3 Å². The molecule has 0 aliphatic rings. The normalized spacial score (nSPS) is 11.8. The Labute approximate surface area is 239 Å². The van der Waals surface area contributed by atoms with Crippen molar-refractivity contribution >= 4 is 69.3 Å². The summed E-state index contributed by atoms with van der Waals surface area (Å²) in [5, 5.41) is 6.24. The average Bonchev–Trinajstić information content (AvgIpc) is 3.36. The second-order valence-corrected chi connectivity index (χ2v) is 10.8. The number of aromatic nitrogens is 1. The molecule has 1 heterocycles. The van der Waals surface area contributed by atoms with Gasteiger partial charge in [-0.05, 0) is 79.2 Å². The summed E-state index contributed by atoms with van der Waals surface area (Å²) < 4.78 is 5.83. The van der Waals surface area contributed by atoms with Crippen LogP contribution in [0.2, 0.25) is 10.0 Å². The van der Waals surface area contributed by atoms with E-state index in [1.165, 1.54) is 17.8 Å². The Morgan fingerprint density at radius 2 is 1.69 bits per heavy atom. The molecule has 1 atom stereocenters. The highest BCUT2D eigenvalue weighted by molar-refractivity contribution is 8.00. The fourth-order valence-corrected chi connectivity index (χ4v) is 5.43. The lowest BCUT2D eigenvalue weighted by molar-refractivity contribution is -0.115. The van der Waals surface area contributed by atoms with E-state index in [4.69, 9.17) is 27.6 Å². The van der Waals surface area contributed by atoms with Crippen molar-refractivity contribution in [3.63, 3.8) is 0 Å².